The quantitative estimate of drug-likeness (QED) is 0.728. The van der Waals surface area contributed by atoms with Gasteiger partial charge in [-0.15, -0.1) is 10.2 Å². The number of nitrogens with zero attached hydrogens (tertiary/aromatic N) is 6. The Morgan fingerprint density at radius 1 is 1.40 bits per heavy atom. The first-order valence-electron chi connectivity index (χ1n) is 8.30. The first-order valence-corrected chi connectivity index (χ1v) is 8.30. The maximum Gasteiger partial charge on any atom is 0.150 e. The van der Waals surface area contributed by atoms with E-state index in [1.54, 1.807) is 13.4 Å². The molecule has 4 rings (SSSR count). The van der Waals surface area contributed by atoms with E-state index in [1.165, 1.54) is 0 Å². The Labute approximate surface area is 146 Å². The Morgan fingerprint density at radius 3 is 3.00 bits per heavy atom. The van der Waals surface area contributed by atoms with Crippen LogP contribution in [0, 0.1) is 11.3 Å². The number of likely N-dealkylation sites (tertiary alicyclic amines) is 1. The van der Waals surface area contributed by atoms with Gasteiger partial charge in [-0.1, -0.05) is 6.07 Å². The first kappa shape index (κ1) is 15.8. The highest BCUT2D eigenvalue weighted by Gasteiger charge is 2.36. The minimum atomic E-state index is 0.131. The van der Waals surface area contributed by atoms with E-state index < -0.39 is 0 Å². The van der Waals surface area contributed by atoms with Crippen molar-refractivity contribution in [2.24, 2.45) is 7.05 Å². The third-order valence-electron chi connectivity index (χ3n) is 4.99. The molecule has 0 saturated carbocycles. The zero-order chi connectivity index (χ0) is 17.4. The van der Waals surface area contributed by atoms with Gasteiger partial charge in [0.2, 0.25) is 0 Å². The van der Waals surface area contributed by atoms with Crippen LogP contribution in [0.2, 0.25) is 0 Å². The molecule has 0 amide bonds. The van der Waals surface area contributed by atoms with E-state index >= 15 is 0 Å². The highest BCUT2D eigenvalue weighted by molar-refractivity contribution is 5.65. The molecule has 2 atom stereocenters. The fraction of sp³-hybridized carbons (Fsp3) is 0.389. The van der Waals surface area contributed by atoms with Crippen LogP contribution in [0.15, 0.2) is 36.9 Å². The van der Waals surface area contributed by atoms with Crippen LogP contribution in [-0.4, -0.2) is 43.8 Å². The van der Waals surface area contributed by atoms with Crippen molar-refractivity contribution >= 4 is 5.52 Å². The summed E-state index contributed by atoms with van der Waals surface area (Å²) in [6.07, 6.45) is 6.77. The van der Waals surface area contributed by atoms with Gasteiger partial charge in [-0.2, -0.15) is 5.26 Å². The number of fused-ring (bicyclic) bond motifs is 1. The number of hydrogen-bond donors (Lipinski definition) is 0. The van der Waals surface area contributed by atoms with Crippen LogP contribution in [0.5, 0.6) is 0 Å². The molecule has 25 heavy (non-hydrogen) atoms. The van der Waals surface area contributed by atoms with Crippen LogP contribution < -0.4 is 0 Å². The summed E-state index contributed by atoms with van der Waals surface area (Å²) < 4.78 is 9.56. The summed E-state index contributed by atoms with van der Waals surface area (Å²) in [6, 6.07) is 8.40. The van der Waals surface area contributed by atoms with E-state index in [0.717, 1.165) is 35.4 Å². The second-order valence-corrected chi connectivity index (χ2v) is 6.47. The Balaban J connectivity index is 1.69. The number of aryl methyl sites for hydroxylation is 1. The minimum absolute atomic E-state index is 0.131. The van der Waals surface area contributed by atoms with Crippen LogP contribution >= 0.6 is 0 Å². The molecule has 4 heterocycles. The van der Waals surface area contributed by atoms with Crippen molar-refractivity contribution < 1.29 is 4.74 Å². The predicted octanol–water partition coefficient (Wildman–Crippen LogP) is 1.90. The largest absolute Gasteiger partial charge is 0.380 e. The number of hydrogen-bond acceptors (Lipinski definition) is 5. The van der Waals surface area contributed by atoms with Crippen molar-refractivity contribution in [3.63, 3.8) is 0 Å². The van der Waals surface area contributed by atoms with E-state index in [2.05, 4.69) is 21.2 Å². The number of pyridine rings is 1. The number of nitriles is 1. The van der Waals surface area contributed by atoms with Gasteiger partial charge in [0, 0.05) is 45.2 Å². The van der Waals surface area contributed by atoms with Crippen molar-refractivity contribution in [3.8, 4) is 6.07 Å². The Hall–Kier alpha value is -2.69. The molecule has 0 aliphatic carbocycles. The molecule has 0 bridgehead atoms. The number of ether oxygens (including phenoxy) is 1. The normalized spacial score (nSPS) is 21.0. The van der Waals surface area contributed by atoms with Gasteiger partial charge >= 0.3 is 0 Å². The molecule has 0 aromatic carbocycles. The molecule has 7 heteroatoms. The van der Waals surface area contributed by atoms with E-state index in [9.17, 15) is 5.26 Å². The lowest BCUT2D eigenvalue weighted by Gasteiger charge is -2.22. The zero-order valence-corrected chi connectivity index (χ0v) is 14.3. The maximum atomic E-state index is 9.64. The Kier molecular flexibility index (Phi) is 3.99. The third kappa shape index (κ3) is 2.69. The van der Waals surface area contributed by atoms with Gasteiger partial charge in [0.1, 0.15) is 18.2 Å². The average molecular weight is 336 g/mol. The van der Waals surface area contributed by atoms with Gasteiger partial charge in [-0.3, -0.25) is 4.90 Å². The standard InChI is InChI=1S/C18H20N6O/c1-22-12-20-21-18(22)17-7-14(25-2)11-24(17)10-13-9-23-6-4-3-5-16(23)15(13)8-19/h3-6,9,12,14,17H,7,10-11H2,1-2H3/t14-,17+/m1/s1. The van der Waals surface area contributed by atoms with E-state index in [0.29, 0.717) is 6.54 Å². The van der Waals surface area contributed by atoms with E-state index in [4.69, 9.17) is 4.74 Å². The molecule has 1 fully saturated rings. The van der Waals surface area contributed by atoms with Crippen molar-refractivity contribution in [1.29, 1.82) is 5.26 Å². The van der Waals surface area contributed by atoms with Crippen LogP contribution in [0.1, 0.15) is 29.4 Å². The van der Waals surface area contributed by atoms with Crippen LogP contribution in [-0.2, 0) is 18.3 Å². The first-order chi connectivity index (χ1) is 12.2. The van der Waals surface area contributed by atoms with E-state index in [1.807, 2.05) is 46.6 Å². The van der Waals surface area contributed by atoms with Gasteiger partial charge in [-0.25, -0.2) is 0 Å². The summed E-state index contributed by atoms with van der Waals surface area (Å²) in [5.41, 5.74) is 2.70. The Bertz CT molecular complexity index is 937. The molecule has 3 aromatic heterocycles. The van der Waals surface area contributed by atoms with Crippen molar-refractivity contribution in [2.45, 2.75) is 25.1 Å². The molecule has 0 N–H and O–H groups in total. The summed E-state index contributed by atoms with van der Waals surface area (Å²) in [7, 11) is 3.70. The molecular formula is C18H20N6O. The third-order valence-corrected chi connectivity index (χ3v) is 4.99. The fourth-order valence-corrected chi connectivity index (χ4v) is 3.71. The minimum Gasteiger partial charge on any atom is -0.380 e. The second kappa shape index (κ2) is 6.31. The highest BCUT2D eigenvalue weighted by Crippen LogP contribution is 2.34. The number of aromatic nitrogens is 4. The fourth-order valence-electron chi connectivity index (χ4n) is 3.71. The topological polar surface area (TPSA) is 71.4 Å². The smallest absolute Gasteiger partial charge is 0.150 e. The second-order valence-electron chi connectivity index (χ2n) is 6.47. The monoisotopic (exact) mass is 336 g/mol. The zero-order valence-electron chi connectivity index (χ0n) is 14.3. The lowest BCUT2D eigenvalue weighted by Crippen LogP contribution is -2.26. The summed E-state index contributed by atoms with van der Waals surface area (Å²) in [6.45, 7) is 1.49. The Morgan fingerprint density at radius 2 is 2.28 bits per heavy atom. The summed E-state index contributed by atoms with van der Waals surface area (Å²) in [4.78, 5) is 2.33. The molecule has 1 saturated heterocycles. The van der Waals surface area contributed by atoms with Crippen molar-refractivity contribution in [1.82, 2.24) is 24.1 Å². The van der Waals surface area contributed by atoms with E-state index in [-0.39, 0.29) is 12.1 Å². The molecule has 0 spiro atoms. The van der Waals surface area contributed by atoms with Crippen molar-refractivity contribution in [3.05, 3.63) is 53.9 Å². The lowest BCUT2D eigenvalue weighted by molar-refractivity contribution is 0.107. The van der Waals surface area contributed by atoms with Gasteiger partial charge in [0.25, 0.3) is 0 Å². The lowest BCUT2D eigenvalue weighted by atomic mass is 10.1. The molecule has 1 aliphatic heterocycles. The highest BCUT2D eigenvalue weighted by atomic mass is 16.5. The molecule has 3 aromatic rings. The number of rotatable bonds is 4. The molecule has 128 valence electrons. The molecule has 7 nitrogen and oxygen atoms in total. The van der Waals surface area contributed by atoms with Gasteiger partial charge in [-0.05, 0) is 18.6 Å². The molecular weight excluding hydrogens is 316 g/mol. The predicted molar refractivity (Wildman–Crippen MR) is 91.7 cm³/mol. The summed E-state index contributed by atoms with van der Waals surface area (Å²) in [5.74, 6) is 0.932. The maximum absolute atomic E-state index is 9.64. The summed E-state index contributed by atoms with van der Waals surface area (Å²) in [5, 5.41) is 17.9. The van der Waals surface area contributed by atoms with Crippen LogP contribution in [0.4, 0.5) is 0 Å². The van der Waals surface area contributed by atoms with Gasteiger partial charge < -0.3 is 13.7 Å². The molecule has 0 unspecified atom stereocenters. The van der Waals surface area contributed by atoms with Crippen LogP contribution in [0.3, 0.4) is 0 Å². The van der Waals surface area contributed by atoms with Crippen molar-refractivity contribution in [2.75, 3.05) is 13.7 Å². The average Bonchev–Trinajstić information content (AvgIpc) is 3.31. The molecule has 1 aliphatic rings. The number of methoxy groups -OCH3 is 1. The SMILES string of the molecule is CO[C@@H]1C[C@@H](c2nncn2C)N(Cc2cn3ccccc3c2C#N)C1. The summed E-state index contributed by atoms with van der Waals surface area (Å²) >= 11 is 0. The molecule has 0 radical (unpaired) electrons. The van der Waals surface area contributed by atoms with Gasteiger partial charge in [0.15, 0.2) is 0 Å². The van der Waals surface area contributed by atoms with Gasteiger partial charge in [0.05, 0.1) is 23.2 Å². The van der Waals surface area contributed by atoms with Crippen LogP contribution in [0.25, 0.3) is 5.52 Å².